The fourth-order valence-electron chi connectivity index (χ4n) is 13.7. The first-order valence-corrected chi connectivity index (χ1v) is 27.3. The molecule has 2 fully saturated rings. The molecule has 364 valence electrons. The number of benzene rings is 8. The number of thiophene rings is 1. The number of aryl methyl sites for hydroxylation is 1. The predicted octanol–water partition coefficient (Wildman–Crippen LogP) is 17.2. The lowest BCUT2D eigenvalue weighted by molar-refractivity contribution is 0.0425. The molecule has 5 unspecified atom stereocenters. The summed E-state index contributed by atoms with van der Waals surface area (Å²) in [6.07, 6.45) is 5.45. The van der Waals surface area contributed by atoms with Gasteiger partial charge in [-0.1, -0.05) is 178 Å². The summed E-state index contributed by atoms with van der Waals surface area (Å²) in [5.74, 6) is 5.68. The highest BCUT2D eigenvalue weighted by molar-refractivity contribution is 7.26. The van der Waals surface area contributed by atoms with E-state index in [1.165, 1.54) is 24.0 Å². The van der Waals surface area contributed by atoms with Gasteiger partial charge in [0.15, 0.2) is 34.9 Å². The molecule has 0 saturated heterocycles. The molecular formula is C67H53FN6S. The molecule has 2 bridgehead atoms. The van der Waals surface area contributed by atoms with Gasteiger partial charge < -0.3 is 0 Å². The summed E-state index contributed by atoms with van der Waals surface area (Å²) in [5, 5.41) is 2.17. The Balaban J connectivity index is 1.05. The highest BCUT2D eigenvalue weighted by Crippen LogP contribution is 2.65. The van der Waals surface area contributed by atoms with Gasteiger partial charge in [0.05, 0.1) is 0 Å². The third-order valence-electron chi connectivity index (χ3n) is 16.8. The van der Waals surface area contributed by atoms with E-state index in [0.29, 0.717) is 65.0 Å². The molecule has 14 rings (SSSR count). The zero-order valence-corrected chi connectivity index (χ0v) is 43.0. The molecular weight excluding hydrogens is 940 g/mol. The van der Waals surface area contributed by atoms with Crippen LogP contribution in [0.3, 0.4) is 0 Å². The Morgan fingerprint density at radius 2 is 1.01 bits per heavy atom. The minimum Gasteiger partial charge on any atom is -0.208 e. The Morgan fingerprint density at radius 3 is 1.59 bits per heavy atom. The van der Waals surface area contributed by atoms with Crippen LogP contribution in [0.1, 0.15) is 63.1 Å². The monoisotopic (exact) mass is 992 g/mol. The van der Waals surface area contributed by atoms with E-state index in [-0.39, 0.29) is 11.2 Å². The van der Waals surface area contributed by atoms with Crippen molar-refractivity contribution in [2.75, 3.05) is 0 Å². The van der Waals surface area contributed by atoms with Crippen molar-refractivity contribution in [1.29, 1.82) is 0 Å². The lowest BCUT2D eigenvalue weighted by Crippen LogP contribution is -2.49. The summed E-state index contributed by atoms with van der Waals surface area (Å²) < 4.78 is 18.5. The molecule has 0 N–H and O–H groups in total. The summed E-state index contributed by atoms with van der Waals surface area (Å²) in [6.45, 7) is 7.02. The molecule has 0 amide bonds. The summed E-state index contributed by atoms with van der Waals surface area (Å²) in [4.78, 5) is 31.4. The van der Waals surface area contributed by atoms with Gasteiger partial charge >= 0.3 is 0 Å². The summed E-state index contributed by atoms with van der Waals surface area (Å²) >= 11 is 1.78. The van der Waals surface area contributed by atoms with E-state index in [1.54, 1.807) is 11.3 Å². The van der Waals surface area contributed by atoms with E-state index in [4.69, 9.17) is 29.9 Å². The number of nitrogens with zero attached hydrogens (tertiary/aromatic N) is 6. The second kappa shape index (κ2) is 18.1. The van der Waals surface area contributed by atoms with Gasteiger partial charge in [-0.2, -0.15) is 0 Å². The largest absolute Gasteiger partial charge is 0.208 e. The van der Waals surface area contributed by atoms with Gasteiger partial charge in [0, 0.05) is 64.5 Å². The molecule has 3 aliphatic carbocycles. The Labute approximate surface area is 440 Å². The second-order valence-corrected chi connectivity index (χ2v) is 22.3. The van der Waals surface area contributed by atoms with Crippen LogP contribution < -0.4 is 0 Å². The minimum atomic E-state index is -0.259. The van der Waals surface area contributed by atoms with Crippen LogP contribution in [-0.2, 0) is 11.8 Å². The Kier molecular flexibility index (Phi) is 11.0. The van der Waals surface area contributed by atoms with Crippen molar-refractivity contribution in [2.24, 2.45) is 23.7 Å². The van der Waals surface area contributed by atoms with E-state index in [0.717, 1.165) is 94.2 Å². The van der Waals surface area contributed by atoms with Gasteiger partial charge in [0.25, 0.3) is 0 Å². The standard InChI is InChI=1S/C67H53FN6S/c1-4-42-36-55-53(38-56(42)68)49-29-28-47(37-54(49)67(55)40(3)34-41-32-39(2)33-48(67)35-41)58-52(66-73-63(45-22-13-7-14-23-45)70-64(74-66)46-24-15-8-16-25-46)31-30-50-59-51(26-17-27-57(59)75-60(50)58)65-71-61(43-18-9-5-10-19-43)69-62(72-65)44-20-11-6-12-21-44/h5-31,36-41,48H,4,32-35H2,1-3H3. The van der Waals surface area contributed by atoms with Crippen LogP contribution >= 0.6 is 11.3 Å². The summed E-state index contributed by atoms with van der Waals surface area (Å²) in [6, 6.07) is 62.8. The van der Waals surface area contributed by atoms with E-state index in [9.17, 15) is 0 Å². The number of fused-ring (bicyclic) bond motifs is 11. The van der Waals surface area contributed by atoms with Crippen LogP contribution in [0.15, 0.2) is 182 Å². The first-order valence-electron chi connectivity index (χ1n) is 26.5. The topological polar surface area (TPSA) is 77.3 Å². The fraction of sp³-hybridized carbons (Fsp3) is 0.194. The average Bonchev–Trinajstić information content (AvgIpc) is 4.15. The van der Waals surface area contributed by atoms with Crippen LogP contribution in [-0.4, -0.2) is 29.9 Å². The third-order valence-corrected chi connectivity index (χ3v) is 17.9. The van der Waals surface area contributed by atoms with Crippen LogP contribution in [0.25, 0.3) is 111 Å². The second-order valence-electron chi connectivity index (χ2n) is 21.2. The highest BCUT2D eigenvalue weighted by atomic mass is 32.1. The molecule has 2 saturated carbocycles. The van der Waals surface area contributed by atoms with E-state index >= 15 is 4.39 Å². The van der Waals surface area contributed by atoms with Crippen LogP contribution in [0.5, 0.6) is 0 Å². The predicted molar refractivity (Wildman–Crippen MR) is 303 cm³/mol. The van der Waals surface area contributed by atoms with Crippen molar-refractivity contribution < 1.29 is 4.39 Å². The third kappa shape index (κ3) is 7.47. The van der Waals surface area contributed by atoms with Crippen LogP contribution in [0.4, 0.5) is 4.39 Å². The molecule has 0 aliphatic heterocycles. The van der Waals surface area contributed by atoms with Crippen molar-refractivity contribution in [1.82, 2.24) is 29.9 Å². The molecule has 11 aromatic rings. The molecule has 6 nitrogen and oxygen atoms in total. The normalized spacial score (nSPS) is 19.6. The number of hydrogen-bond acceptors (Lipinski definition) is 7. The van der Waals surface area contributed by atoms with Crippen molar-refractivity contribution in [3.8, 4) is 90.6 Å². The Morgan fingerprint density at radius 1 is 0.480 bits per heavy atom. The SMILES string of the molecule is CCc1cc2c(cc1F)-c1ccc(-c3c(-c4nc(-c5ccccc5)nc(-c5ccccc5)n4)ccc4c3sc3cccc(-c5nc(-c6ccccc6)nc(-c6ccccc6)n5)c34)cc1C21C(C)CC2CC(C)CC1C2. The lowest BCUT2D eigenvalue weighted by Gasteiger charge is -2.54. The molecule has 0 radical (unpaired) electrons. The maximum absolute atomic E-state index is 16.2. The van der Waals surface area contributed by atoms with E-state index in [1.807, 2.05) is 78.9 Å². The fourth-order valence-corrected chi connectivity index (χ4v) is 15.0. The van der Waals surface area contributed by atoms with Gasteiger partial charge in [-0.25, -0.2) is 34.3 Å². The van der Waals surface area contributed by atoms with Crippen molar-refractivity contribution >= 4 is 31.5 Å². The number of halogens is 1. The van der Waals surface area contributed by atoms with Gasteiger partial charge in [0.2, 0.25) is 0 Å². The number of hydrogen-bond donors (Lipinski definition) is 0. The van der Waals surface area contributed by atoms with Gasteiger partial charge in [-0.15, -0.1) is 11.3 Å². The molecule has 5 atom stereocenters. The molecule has 8 heteroatoms. The molecule has 3 aromatic heterocycles. The smallest absolute Gasteiger partial charge is 0.164 e. The zero-order valence-electron chi connectivity index (χ0n) is 42.1. The van der Waals surface area contributed by atoms with Crippen molar-refractivity contribution in [2.45, 2.75) is 58.3 Å². The first-order chi connectivity index (χ1) is 36.8. The van der Waals surface area contributed by atoms with E-state index < -0.39 is 0 Å². The quantitative estimate of drug-likeness (QED) is 0.151. The van der Waals surface area contributed by atoms with Crippen molar-refractivity contribution in [3.05, 3.63) is 204 Å². The highest BCUT2D eigenvalue weighted by Gasteiger charge is 2.57. The maximum atomic E-state index is 16.2. The van der Waals surface area contributed by atoms with Crippen LogP contribution in [0, 0.1) is 29.5 Å². The number of rotatable bonds is 8. The molecule has 1 spiro atoms. The minimum absolute atomic E-state index is 0.113. The van der Waals surface area contributed by atoms with Gasteiger partial charge in [-0.3, -0.25) is 0 Å². The van der Waals surface area contributed by atoms with Gasteiger partial charge in [0.1, 0.15) is 5.82 Å². The van der Waals surface area contributed by atoms with E-state index in [2.05, 4.69) is 124 Å². The molecule has 75 heavy (non-hydrogen) atoms. The average molecular weight is 993 g/mol. The Bertz CT molecular complexity index is 3890. The molecule has 8 aromatic carbocycles. The molecule has 3 aliphatic rings. The van der Waals surface area contributed by atoms with Gasteiger partial charge in [-0.05, 0) is 113 Å². The molecule has 3 heterocycles. The van der Waals surface area contributed by atoms with Crippen molar-refractivity contribution in [3.63, 3.8) is 0 Å². The lowest BCUT2D eigenvalue weighted by atomic mass is 9.49. The summed E-state index contributed by atoms with van der Waals surface area (Å²) in [5.41, 5.74) is 13.1. The first kappa shape index (κ1) is 45.5. The Hall–Kier alpha value is -8.07. The summed E-state index contributed by atoms with van der Waals surface area (Å²) in [7, 11) is 0. The van der Waals surface area contributed by atoms with Crippen LogP contribution in [0.2, 0.25) is 0 Å². The number of aromatic nitrogens is 6. The zero-order chi connectivity index (χ0) is 50.4. The maximum Gasteiger partial charge on any atom is 0.164 e.